The van der Waals surface area contributed by atoms with Crippen molar-refractivity contribution in [3.05, 3.63) is 12.2 Å². The summed E-state index contributed by atoms with van der Waals surface area (Å²) in [5.41, 5.74) is 0. The maximum Gasteiger partial charge on any atom is 0.326 e. The van der Waals surface area contributed by atoms with Crippen LogP contribution >= 0.6 is 0 Å². The number of aliphatic carboxylic acids is 1. The summed E-state index contributed by atoms with van der Waals surface area (Å²) >= 11 is 0. The molecule has 2 heterocycles. The quantitative estimate of drug-likeness (QED) is 0.803. The van der Waals surface area contributed by atoms with Gasteiger partial charge in [-0.1, -0.05) is 0 Å². The van der Waals surface area contributed by atoms with Crippen molar-refractivity contribution in [3.8, 4) is 0 Å². The molecule has 2 N–H and O–H groups in total. The number of carbonyl (C=O) groups is 2. The fourth-order valence-electron chi connectivity index (χ4n) is 2.20. The number of likely N-dealkylation sites (tertiary alicyclic amines) is 1. The largest absolute Gasteiger partial charge is 0.480 e. The van der Waals surface area contributed by atoms with E-state index in [0.717, 1.165) is 13.0 Å². The van der Waals surface area contributed by atoms with Gasteiger partial charge >= 0.3 is 12.0 Å². The van der Waals surface area contributed by atoms with E-state index in [0.29, 0.717) is 18.8 Å². The van der Waals surface area contributed by atoms with Gasteiger partial charge in [0.25, 0.3) is 0 Å². The molecule has 0 bridgehead atoms. The monoisotopic (exact) mass is 267 g/mol. The van der Waals surface area contributed by atoms with Gasteiger partial charge in [-0.2, -0.15) is 0 Å². The van der Waals surface area contributed by atoms with E-state index in [4.69, 9.17) is 5.11 Å². The summed E-state index contributed by atoms with van der Waals surface area (Å²) in [6, 6.07) is -1.08. The fourth-order valence-corrected chi connectivity index (χ4v) is 2.20. The molecule has 1 saturated heterocycles. The predicted molar refractivity (Wildman–Crippen MR) is 65.3 cm³/mol. The highest BCUT2D eigenvalue weighted by Crippen LogP contribution is 2.17. The zero-order valence-electron chi connectivity index (χ0n) is 10.7. The van der Waals surface area contributed by atoms with Crippen molar-refractivity contribution < 1.29 is 14.7 Å². The molecule has 19 heavy (non-hydrogen) atoms. The topological polar surface area (TPSA) is 100 Å². The van der Waals surface area contributed by atoms with Gasteiger partial charge in [-0.15, -0.1) is 10.2 Å². The fraction of sp³-hybridized carbons (Fsp3) is 0.636. The predicted octanol–water partition coefficient (Wildman–Crippen LogP) is 0.0566. The molecule has 2 amide bonds. The Balaban J connectivity index is 1.92. The van der Waals surface area contributed by atoms with E-state index in [-0.39, 0.29) is 12.6 Å². The van der Waals surface area contributed by atoms with Crippen LogP contribution < -0.4 is 5.32 Å². The van der Waals surface area contributed by atoms with Crippen molar-refractivity contribution in [3.63, 3.8) is 0 Å². The number of carbonyl (C=O) groups excluding carboxylic acids is 1. The number of carboxylic acid groups (broad SMARTS) is 1. The molecule has 0 radical (unpaired) electrons. The van der Waals surface area contributed by atoms with Gasteiger partial charge in [-0.3, -0.25) is 0 Å². The Morgan fingerprint density at radius 2 is 2.37 bits per heavy atom. The Labute approximate surface area is 110 Å². The Hall–Kier alpha value is -2.12. The molecule has 2 rings (SSSR count). The van der Waals surface area contributed by atoms with E-state index in [2.05, 4.69) is 15.5 Å². The molecular formula is C11H17N5O3. The lowest BCUT2D eigenvalue weighted by atomic mass is 10.2. The lowest BCUT2D eigenvalue weighted by Crippen LogP contribution is -2.45. The SMILES string of the molecule is CCn1cnnc1CNC(=O)N1CCC[C@H]1C(=O)O. The zero-order chi connectivity index (χ0) is 13.8. The second-order valence-corrected chi connectivity index (χ2v) is 4.38. The molecule has 104 valence electrons. The molecule has 8 heteroatoms. The molecule has 1 aromatic rings. The Kier molecular flexibility index (Phi) is 3.98. The average molecular weight is 267 g/mol. The molecule has 1 fully saturated rings. The minimum atomic E-state index is -0.954. The lowest BCUT2D eigenvalue weighted by molar-refractivity contribution is -0.141. The van der Waals surface area contributed by atoms with Gasteiger partial charge in [-0.25, -0.2) is 9.59 Å². The van der Waals surface area contributed by atoms with Gasteiger partial charge in [0.15, 0.2) is 5.82 Å². The van der Waals surface area contributed by atoms with Gasteiger partial charge in [-0.05, 0) is 19.8 Å². The third-order valence-electron chi connectivity index (χ3n) is 3.23. The van der Waals surface area contributed by atoms with Crippen LogP contribution in [0.3, 0.4) is 0 Å². The van der Waals surface area contributed by atoms with Gasteiger partial charge in [0, 0.05) is 13.1 Å². The highest BCUT2D eigenvalue weighted by Gasteiger charge is 2.33. The molecule has 0 spiro atoms. The first-order valence-electron chi connectivity index (χ1n) is 6.27. The van der Waals surface area contributed by atoms with Gasteiger partial charge in [0.1, 0.15) is 12.4 Å². The van der Waals surface area contributed by atoms with Crippen LogP contribution in [0, 0.1) is 0 Å². The summed E-state index contributed by atoms with van der Waals surface area (Å²) in [5, 5.41) is 19.4. The van der Waals surface area contributed by atoms with Crippen LogP contribution in [0.4, 0.5) is 4.79 Å². The number of hydrogen-bond acceptors (Lipinski definition) is 4. The van der Waals surface area contributed by atoms with Gasteiger partial charge < -0.3 is 19.9 Å². The molecule has 8 nitrogen and oxygen atoms in total. The van der Waals surface area contributed by atoms with Crippen LogP contribution in [-0.4, -0.2) is 49.4 Å². The Bertz CT molecular complexity index is 473. The number of urea groups is 1. The Morgan fingerprint density at radius 1 is 1.58 bits per heavy atom. The van der Waals surface area contributed by atoms with Crippen LogP contribution in [0.25, 0.3) is 0 Å². The molecule has 0 saturated carbocycles. The molecule has 0 aliphatic carbocycles. The number of amides is 2. The lowest BCUT2D eigenvalue weighted by Gasteiger charge is -2.21. The molecular weight excluding hydrogens is 250 g/mol. The number of nitrogens with one attached hydrogen (secondary N) is 1. The second-order valence-electron chi connectivity index (χ2n) is 4.38. The third-order valence-corrected chi connectivity index (χ3v) is 3.23. The second kappa shape index (κ2) is 5.68. The van der Waals surface area contributed by atoms with Crippen molar-refractivity contribution in [1.29, 1.82) is 0 Å². The molecule has 1 aliphatic rings. The summed E-state index contributed by atoms with van der Waals surface area (Å²) in [5.74, 6) is -0.300. The van der Waals surface area contributed by atoms with E-state index < -0.39 is 12.0 Å². The maximum atomic E-state index is 11.9. The maximum absolute atomic E-state index is 11.9. The van der Waals surface area contributed by atoms with E-state index in [1.165, 1.54) is 4.90 Å². The number of aromatic nitrogens is 3. The summed E-state index contributed by atoms with van der Waals surface area (Å²) in [7, 11) is 0. The number of hydrogen-bond donors (Lipinski definition) is 2. The minimum Gasteiger partial charge on any atom is -0.480 e. The molecule has 1 atom stereocenters. The Morgan fingerprint density at radius 3 is 3.05 bits per heavy atom. The van der Waals surface area contributed by atoms with Crippen molar-refractivity contribution in [1.82, 2.24) is 25.0 Å². The van der Waals surface area contributed by atoms with Crippen LogP contribution in [0.15, 0.2) is 6.33 Å². The summed E-state index contributed by atoms with van der Waals surface area (Å²) in [6.45, 7) is 3.40. The van der Waals surface area contributed by atoms with E-state index in [1.54, 1.807) is 6.33 Å². The first kappa shape index (κ1) is 13.3. The van der Waals surface area contributed by atoms with Crippen LogP contribution in [0.2, 0.25) is 0 Å². The molecule has 1 aromatic heterocycles. The third kappa shape index (κ3) is 2.83. The first-order chi connectivity index (χ1) is 9.13. The van der Waals surface area contributed by atoms with E-state index >= 15 is 0 Å². The van der Waals surface area contributed by atoms with Gasteiger partial charge in [0.2, 0.25) is 0 Å². The van der Waals surface area contributed by atoms with Crippen molar-refractivity contribution >= 4 is 12.0 Å². The minimum absolute atomic E-state index is 0.246. The van der Waals surface area contributed by atoms with Crippen molar-refractivity contribution in [2.24, 2.45) is 0 Å². The first-order valence-corrected chi connectivity index (χ1v) is 6.27. The smallest absolute Gasteiger partial charge is 0.326 e. The normalized spacial score (nSPS) is 18.6. The van der Waals surface area contributed by atoms with Crippen LogP contribution in [-0.2, 0) is 17.9 Å². The number of carboxylic acids is 1. The molecule has 0 aromatic carbocycles. The van der Waals surface area contributed by atoms with Crippen LogP contribution in [0.5, 0.6) is 0 Å². The summed E-state index contributed by atoms with van der Waals surface area (Å²) < 4.78 is 1.82. The van der Waals surface area contributed by atoms with Crippen LogP contribution in [0.1, 0.15) is 25.6 Å². The zero-order valence-corrected chi connectivity index (χ0v) is 10.7. The van der Waals surface area contributed by atoms with Crippen molar-refractivity contribution in [2.75, 3.05) is 6.54 Å². The number of nitrogens with zero attached hydrogens (tertiary/aromatic N) is 4. The average Bonchev–Trinajstić information content (AvgIpc) is 3.04. The highest BCUT2D eigenvalue weighted by atomic mass is 16.4. The highest BCUT2D eigenvalue weighted by molar-refractivity contribution is 5.83. The number of rotatable bonds is 4. The van der Waals surface area contributed by atoms with Gasteiger partial charge in [0.05, 0.1) is 6.54 Å². The molecule has 1 aliphatic heterocycles. The number of aryl methyl sites for hydroxylation is 1. The standard InChI is InChI=1S/C11H17N5O3/c1-2-15-7-13-14-9(15)6-12-11(19)16-5-3-4-8(16)10(17)18/h7-8H,2-6H2,1H3,(H,12,19)(H,17,18)/t8-/m0/s1. The van der Waals surface area contributed by atoms with Crippen molar-refractivity contribution in [2.45, 2.75) is 38.9 Å². The molecule has 0 unspecified atom stereocenters. The summed E-state index contributed by atoms with van der Waals surface area (Å²) in [6.07, 6.45) is 2.82. The van der Waals surface area contributed by atoms with E-state index in [9.17, 15) is 9.59 Å². The summed E-state index contributed by atoms with van der Waals surface area (Å²) in [4.78, 5) is 24.3. The van der Waals surface area contributed by atoms with E-state index in [1.807, 2.05) is 11.5 Å².